The number of hydrogen-bond acceptors (Lipinski definition) is 2. The van der Waals surface area contributed by atoms with Crippen LogP contribution >= 0.6 is 12.4 Å². The Morgan fingerprint density at radius 2 is 2.05 bits per heavy atom. The van der Waals surface area contributed by atoms with E-state index in [4.69, 9.17) is 4.74 Å². The predicted octanol–water partition coefficient (Wildman–Crippen LogP) is 2.32. The van der Waals surface area contributed by atoms with Gasteiger partial charge in [-0.1, -0.05) is 19.1 Å². The van der Waals surface area contributed by atoms with Crippen LogP contribution in [0.15, 0.2) is 30.6 Å². The minimum atomic E-state index is -0.180. The number of esters is 1. The summed E-state index contributed by atoms with van der Waals surface area (Å²) in [6, 6.07) is 8.08. The summed E-state index contributed by atoms with van der Waals surface area (Å²) in [5.41, 5.74) is 2.20. The molecule has 2 rings (SSSR count). The minimum Gasteiger partial charge on any atom is -0.463 e. The minimum absolute atomic E-state index is 0. The molecular weight excluding hydrogens is 264 g/mol. The second-order valence-corrected chi connectivity index (χ2v) is 4.24. The van der Waals surface area contributed by atoms with Crippen LogP contribution in [-0.2, 0) is 22.6 Å². The molecule has 2 aromatic rings. The van der Waals surface area contributed by atoms with Crippen LogP contribution in [0.4, 0.5) is 0 Å². The smallest absolute Gasteiger partial charge is 0.348 e. The first kappa shape index (κ1) is 15.5. The van der Waals surface area contributed by atoms with Crippen LogP contribution in [0.2, 0.25) is 0 Å². The van der Waals surface area contributed by atoms with E-state index in [1.54, 1.807) is 0 Å². The van der Waals surface area contributed by atoms with Crippen molar-refractivity contribution in [1.29, 1.82) is 0 Å². The number of halogens is 1. The zero-order valence-corrected chi connectivity index (χ0v) is 12.2. The van der Waals surface area contributed by atoms with Crippen LogP contribution in [0, 0.1) is 0 Å². The predicted molar refractivity (Wildman–Crippen MR) is 76.3 cm³/mol. The molecule has 0 saturated carbocycles. The van der Waals surface area contributed by atoms with Crippen LogP contribution in [0.5, 0.6) is 0 Å². The molecule has 0 N–H and O–H groups in total. The Labute approximate surface area is 119 Å². The molecule has 4 nitrogen and oxygen atoms in total. The van der Waals surface area contributed by atoms with Gasteiger partial charge in [0.15, 0.2) is 17.6 Å². The molecule has 0 atom stereocenters. The summed E-state index contributed by atoms with van der Waals surface area (Å²) in [6.07, 6.45) is 2.82. The molecular formula is C14H20ClN2O2+. The van der Waals surface area contributed by atoms with Gasteiger partial charge in [0.1, 0.15) is 0 Å². The van der Waals surface area contributed by atoms with Crippen LogP contribution in [0.3, 0.4) is 0 Å². The van der Waals surface area contributed by atoms with Gasteiger partial charge in [0.2, 0.25) is 6.33 Å². The van der Waals surface area contributed by atoms with E-state index in [0.717, 1.165) is 24.0 Å². The maximum Gasteiger partial charge on any atom is 0.348 e. The Morgan fingerprint density at radius 1 is 1.32 bits per heavy atom. The highest BCUT2D eigenvalue weighted by atomic mass is 35.5. The van der Waals surface area contributed by atoms with Crippen molar-refractivity contribution in [2.75, 3.05) is 6.61 Å². The maximum atomic E-state index is 11.7. The average Bonchev–Trinajstić information content (AvgIpc) is 2.75. The average molecular weight is 284 g/mol. The second kappa shape index (κ2) is 7.14. The monoisotopic (exact) mass is 283 g/mol. The van der Waals surface area contributed by atoms with E-state index in [0.29, 0.717) is 6.61 Å². The van der Waals surface area contributed by atoms with Crippen LogP contribution in [-0.4, -0.2) is 17.1 Å². The van der Waals surface area contributed by atoms with Crippen LogP contribution < -0.4 is 4.57 Å². The number of aromatic nitrogens is 2. The quantitative estimate of drug-likeness (QED) is 0.624. The van der Waals surface area contributed by atoms with E-state index in [9.17, 15) is 4.79 Å². The number of benzene rings is 1. The number of carbonyl (C=O) groups is 1. The summed E-state index contributed by atoms with van der Waals surface area (Å²) in [5, 5.41) is 0. The number of imidazole rings is 1. The lowest BCUT2D eigenvalue weighted by atomic mass is 10.3. The van der Waals surface area contributed by atoms with Crippen molar-refractivity contribution < 1.29 is 14.1 Å². The highest BCUT2D eigenvalue weighted by Gasteiger charge is 2.16. The van der Waals surface area contributed by atoms with E-state index in [1.807, 2.05) is 36.0 Å². The molecule has 0 unspecified atom stereocenters. The van der Waals surface area contributed by atoms with Gasteiger partial charge >= 0.3 is 5.97 Å². The molecule has 104 valence electrons. The Morgan fingerprint density at radius 3 is 2.74 bits per heavy atom. The van der Waals surface area contributed by atoms with Gasteiger partial charge in [-0.05, 0) is 25.5 Å². The maximum absolute atomic E-state index is 11.7. The van der Waals surface area contributed by atoms with E-state index < -0.39 is 0 Å². The standard InChI is InChI=1S/C14H19N2O2.ClH/c1-3-9-18-14(17)10-16-11-15(4-2)12-7-5-6-8-13(12)16;/h5-8,11H,3-4,9-10H2,1-2H3;1H/q+1;. The van der Waals surface area contributed by atoms with E-state index in [1.165, 1.54) is 0 Å². The van der Waals surface area contributed by atoms with Gasteiger partial charge in [-0.25, -0.2) is 13.9 Å². The molecule has 0 aliphatic rings. The van der Waals surface area contributed by atoms with Gasteiger partial charge in [-0.3, -0.25) is 0 Å². The van der Waals surface area contributed by atoms with Gasteiger partial charge < -0.3 is 4.74 Å². The van der Waals surface area contributed by atoms with Gasteiger partial charge in [0.25, 0.3) is 0 Å². The number of rotatable bonds is 5. The molecule has 5 heteroatoms. The third-order valence-corrected chi connectivity index (χ3v) is 2.89. The van der Waals surface area contributed by atoms with E-state index in [-0.39, 0.29) is 24.9 Å². The van der Waals surface area contributed by atoms with Crippen molar-refractivity contribution in [3.8, 4) is 0 Å². The summed E-state index contributed by atoms with van der Waals surface area (Å²) < 4.78 is 9.19. The third kappa shape index (κ3) is 3.47. The number of nitrogens with zero attached hydrogens (tertiary/aromatic N) is 2. The molecule has 0 spiro atoms. The Balaban J connectivity index is 0.00000180. The molecule has 1 heterocycles. The third-order valence-electron chi connectivity index (χ3n) is 2.89. The Hall–Kier alpha value is -1.55. The van der Waals surface area contributed by atoms with Crippen molar-refractivity contribution in [2.24, 2.45) is 0 Å². The Bertz CT molecular complexity index is 551. The molecule has 1 aromatic heterocycles. The van der Waals surface area contributed by atoms with Gasteiger partial charge in [-0.15, -0.1) is 12.4 Å². The first-order valence-electron chi connectivity index (χ1n) is 6.39. The fraction of sp³-hybridized carbons (Fsp3) is 0.429. The molecule has 0 amide bonds. The van der Waals surface area contributed by atoms with E-state index >= 15 is 0 Å². The van der Waals surface area contributed by atoms with Gasteiger partial charge in [-0.2, -0.15) is 0 Å². The summed E-state index contributed by atoms with van der Waals surface area (Å²) in [4.78, 5) is 11.7. The van der Waals surface area contributed by atoms with Crippen molar-refractivity contribution >= 4 is 29.4 Å². The highest BCUT2D eigenvalue weighted by molar-refractivity contribution is 5.85. The SMILES string of the molecule is CCCOC(=O)C[n+]1cn(CC)c2ccccc21.Cl. The van der Waals surface area contributed by atoms with Crippen molar-refractivity contribution in [3.05, 3.63) is 30.6 Å². The molecule has 0 saturated heterocycles. The van der Waals surface area contributed by atoms with Crippen LogP contribution in [0.25, 0.3) is 11.0 Å². The molecule has 0 fully saturated rings. The summed E-state index contributed by atoms with van der Waals surface area (Å²) in [6.45, 7) is 5.73. The normalized spacial score (nSPS) is 10.2. The van der Waals surface area contributed by atoms with Gasteiger partial charge in [0, 0.05) is 0 Å². The second-order valence-electron chi connectivity index (χ2n) is 4.24. The first-order valence-corrected chi connectivity index (χ1v) is 6.39. The largest absolute Gasteiger partial charge is 0.463 e. The van der Waals surface area contributed by atoms with Crippen molar-refractivity contribution in [3.63, 3.8) is 0 Å². The molecule has 0 bridgehead atoms. The number of fused-ring (bicyclic) bond motifs is 1. The van der Waals surface area contributed by atoms with Crippen molar-refractivity contribution in [2.45, 2.75) is 33.4 Å². The summed E-state index contributed by atoms with van der Waals surface area (Å²) in [5.74, 6) is -0.180. The fourth-order valence-corrected chi connectivity index (χ4v) is 2.02. The Kier molecular flexibility index (Phi) is 5.83. The van der Waals surface area contributed by atoms with Crippen molar-refractivity contribution in [1.82, 2.24) is 4.57 Å². The fourth-order valence-electron chi connectivity index (χ4n) is 2.02. The summed E-state index contributed by atoms with van der Waals surface area (Å²) in [7, 11) is 0. The van der Waals surface area contributed by atoms with E-state index in [2.05, 4.69) is 17.6 Å². The zero-order valence-electron chi connectivity index (χ0n) is 11.3. The lowest BCUT2D eigenvalue weighted by Gasteiger charge is -2.00. The number of ether oxygens (including phenoxy) is 1. The van der Waals surface area contributed by atoms with Crippen LogP contribution in [0.1, 0.15) is 20.3 Å². The molecule has 19 heavy (non-hydrogen) atoms. The first-order chi connectivity index (χ1) is 8.76. The summed E-state index contributed by atoms with van der Waals surface area (Å²) >= 11 is 0. The molecule has 0 aliphatic carbocycles. The number of carbonyl (C=O) groups excluding carboxylic acids is 1. The number of para-hydroxylation sites is 2. The topological polar surface area (TPSA) is 35.1 Å². The lowest BCUT2D eigenvalue weighted by molar-refractivity contribution is -0.661. The molecule has 0 aliphatic heterocycles. The zero-order chi connectivity index (χ0) is 13.0. The van der Waals surface area contributed by atoms with Gasteiger partial charge in [0.05, 0.1) is 13.2 Å². The lowest BCUT2D eigenvalue weighted by Crippen LogP contribution is -2.37. The molecule has 0 radical (unpaired) electrons. The highest BCUT2D eigenvalue weighted by Crippen LogP contribution is 2.10. The number of aryl methyl sites for hydroxylation is 1. The number of hydrogen-bond donors (Lipinski definition) is 0. The molecule has 1 aromatic carbocycles.